The topological polar surface area (TPSA) is 40.5 Å². The Kier molecular flexibility index (Phi) is 7.06. The monoisotopic (exact) mass is 227 g/mol. The van der Waals surface area contributed by atoms with Crippen LogP contribution in [0.4, 0.5) is 0 Å². The quantitative estimate of drug-likeness (QED) is 0.679. The van der Waals surface area contributed by atoms with Crippen LogP contribution in [0.1, 0.15) is 39.5 Å². The molecule has 13 heavy (non-hydrogen) atoms. The van der Waals surface area contributed by atoms with E-state index in [1.165, 1.54) is 4.67 Å². The normalized spacial score (nSPS) is 16.1. The summed E-state index contributed by atoms with van der Waals surface area (Å²) >= 11 is 5.41. The number of hydrogen-bond acceptors (Lipinski definition) is 1. The minimum absolute atomic E-state index is 0.619. The van der Waals surface area contributed by atoms with E-state index in [4.69, 9.17) is 11.2 Å². The average molecular weight is 228 g/mol. The van der Waals surface area contributed by atoms with Crippen LogP contribution in [0, 0.1) is 0 Å². The van der Waals surface area contributed by atoms with Crippen molar-refractivity contribution in [3.05, 3.63) is 0 Å². The van der Waals surface area contributed by atoms with E-state index in [9.17, 15) is 9.46 Å². The Balaban J connectivity index is 3.96. The van der Waals surface area contributed by atoms with E-state index >= 15 is 0 Å². The standard InChI is InChI=1S/C8H19ClNO2P/c1-3-5-7-10(8-6-4-2)13(9,11)12/h3-8H2,1-2H3,(H,11,12). The minimum Gasteiger partial charge on any atom is -0.322 e. The molecule has 0 aromatic rings. The van der Waals surface area contributed by atoms with Crippen LogP contribution in [0.5, 0.6) is 0 Å². The second-order valence-corrected chi connectivity index (χ2v) is 5.97. The van der Waals surface area contributed by atoms with Gasteiger partial charge in [-0.05, 0) is 24.1 Å². The van der Waals surface area contributed by atoms with E-state index in [1.54, 1.807) is 0 Å². The van der Waals surface area contributed by atoms with Crippen molar-refractivity contribution in [1.29, 1.82) is 0 Å². The van der Waals surface area contributed by atoms with Gasteiger partial charge < -0.3 is 4.89 Å². The molecule has 0 aliphatic heterocycles. The first-order valence-corrected chi connectivity index (χ1v) is 7.32. The second-order valence-electron chi connectivity index (χ2n) is 3.13. The lowest BCUT2D eigenvalue weighted by atomic mass is 10.3. The zero-order valence-corrected chi connectivity index (χ0v) is 10.0. The predicted molar refractivity (Wildman–Crippen MR) is 57.1 cm³/mol. The van der Waals surface area contributed by atoms with Gasteiger partial charge in [0.05, 0.1) is 0 Å². The molecule has 0 fully saturated rings. The van der Waals surface area contributed by atoms with Crippen LogP contribution in [-0.4, -0.2) is 22.7 Å². The number of nitrogens with zero attached hydrogens (tertiary/aromatic N) is 1. The van der Waals surface area contributed by atoms with E-state index in [2.05, 4.69) is 13.8 Å². The third-order valence-electron chi connectivity index (χ3n) is 1.89. The van der Waals surface area contributed by atoms with Gasteiger partial charge in [-0.2, -0.15) is 0 Å². The third-order valence-corrected chi connectivity index (χ3v) is 3.63. The maximum absolute atomic E-state index is 11.2. The van der Waals surface area contributed by atoms with Gasteiger partial charge in [0.15, 0.2) is 0 Å². The Morgan fingerprint density at radius 1 is 1.23 bits per heavy atom. The van der Waals surface area contributed by atoms with Crippen LogP contribution in [0.25, 0.3) is 0 Å². The summed E-state index contributed by atoms with van der Waals surface area (Å²) < 4.78 is 12.7. The van der Waals surface area contributed by atoms with Crippen molar-refractivity contribution in [2.45, 2.75) is 39.5 Å². The summed E-state index contributed by atoms with van der Waals surface area (Å²) in [7, 11) is 0. The summed E-state index contributed by atoms with van der Waals surface area (Å²) in [5, 5.41) is 0. The highest BCUT2D eigenvalue weighted by Gasteiger charge is 2.23. The molecule has 0 bridgehead atoms. The molecule has 1 N–H and O–H groups in total. The van der Waals surface area contributed by atoms with Crippen LogP contribution in [0.2, 0.25) is 0 Å². The molecule has 3 nitrogen and oxygen atoms in total. The van der Waals surface area contributed by atoms with Crippen molar-refractivity contribution < 1.29 is 9.46 Å². The highest BCUT2D eigenvalue weighted by atomic mass is 35.7. The lowest BCUT2D eigenvalue weighted by molar-refractivity contribution is 0.350. The highest BCUT2D eigenvalue weighted by Crippen LogP contribution is 2.50. The maximum atomic E-state index is 11.2. The molecule has 0 rings (SSSR count). The molecule has 0 saturated heterocycles. The smallest absolute Gasteiger partial charge is 0.322 e. The van der Waals surface area contributed by atoms with Crippen LogP contribution < -0.4 is 0 Å². The molecule has 0 aliphatic rings. The molecular formula is C8H19ClNO2P. The summed E-state index contributed by atoms with van der Waals surface area (Å²) in [6, 6.07) is 0. The maximum Gasteiger partial charge on any atom is 0.360 e. The Morgan fingerprint density at radius 2 is 1.62 bits per heavy atom. The number of rotatable bonds is 7. The molecule has 1 atom stereocenters. The van der Waals surface area contributed by atoms with Gasteiger partial charge in [-0.1, -0.05) is 26.7 Å². The van der Waals surface area contributed by atoms with Gasteiger partial charge in [0.25, 0.3) is 0 Å². The van der Waals surface area contributed by atoms with Gasteiger partial charge in [0.1, 0.15) is 0 Å². The SMILES string of the molecule is CCCCN(CCCC)P(=O)(O)Cl. The average Bonchev–Trinajstić information content (AvgIpc) is 2.02. The van der Waals surface area contributed by atoms with Crippen molar-refractivity contribution >= 4 is 18.1 Å². The van der Waals surface area contributed by atoms with Gasteiger partial charge in [-0.25, -0.2) is 4.67 Å². The molecule has 0 radical (unpaired) electrons. The fourth-order valence-corrected chi connectivity index (χ4v) is 2.27. The molecule has 0 aliphatic carbocycles. The summed E-state index contributed by atoms with van der Waals surface area (Å²) in [6.07, 6.45) is 3.86. The molecule has 0 amide bonds. The number of hydrogen-bond donors (Lipinski definition) is 1. The van der Waals surface area contributed by atoms with E-state index in [1.807, 2.05) is 0 Å². The van der Waals surface area contributed by atoms with Gasteiger partial charge in [-0.3, -0.25) is 4.57 Å². The van der Waals surface area contributed by atoms with Crippen molar-refractivity contribution in [3.8, 4) is 0 Å². The molecule has 80 valence electrons. The molecule has 0 aromatic carbocycles. The van der Waals surface area contributed by atoms with Crippen molar-refractivity contribution in [1.82, 2.24) is 4.67 Å². The number of halogens is 1. The lowest BCUT2D eigenvalue weighted by Crippen LogP contribution is -2.20. The first kappa shape index (κ1) is 13.4. The minimum atomic E-state index is -3.53. The second kappa shape index (κ2) is 6.83. The van der Waals surface area contributed by atoms with E-state index < -0.39 is 6.87 Å². The lowest BCUT2D eigenvalue weighted by Gasteiger charge is -2.22. The highest BCUT2D eigenvalue weighted by molar-refractivity contribution is 7.82. The summed E-state index contributed by atoms with van der Waals surface area (Å²) in [4.78, 5) is 9.18. The number of unbranched alkanes of at least 4 members (excludes halogenated alkanes) is 2. The van der Waals surface area contributed by atoms with Crippen molar-refractivity contribution in [3.63, 3.8) is 0 Å². The fraction of sp³-hybridized carbons (Fsp3) is 1.00. The first-order valence-electron chi connectivity index (χ1n) is 4.80. The summed E-state index contributed by atoms with van der Waals surface area (Å²) in [5.41, 5.74) is 0. The Hall–Kier alpha value is 0.440. The van der Waals surface area contributed by atoms with Crippen LogP contribution in [0.3, 0.4) is 0 Å². The summed E-state index contributed by atoms with van der Waals surface area (Å²) in [5.74, 6) is 0. The molecule has 5 heteroatoms. The van der Waals surface area contributed by atoms with Gasteiger partial charge in [-0.15, -0.1) is 0 Å². The summed E-state index contributed by atoms with van der Waals surface area (Å²) in [6.45, 7) is 1.81. The zero-order chi connectivity index (χ0) is 10.3. The molecule has 0 heterocycles. The Morgan fingerprint density at radius 3 is 1.85 bits per heavy atom. The zero-order valence-electron chi connectivity index (χ0n) is 8.37. The molecule has 0 spiro atoms. The van der Waals surface area contributed by atoms with Gasteiger partial charge in [0.2, 0.25) is 0 Å². The van der Waals surface area contributed by atoms with Crippen LogP contribution in [0.15, 0.2) is 0 Å². The Labute approximate surface area is 85.4 Å². The van der Waals surface area contributed by atoms with Crippen molar-refractivity contribution in [2.24, 2.45) is 0 Å². The van der Waals surface area contributed by atoms with Gasteiger partial charge in [0, 0.05) is 13.1 Å². The van der Waals surface area contributed by atoms with Crippen LogP contribution >= 0.6 is 18.1 Å². The van der Waals surface area contributed by atoms with Gasteiger partial charge >= 0.3 is 6.87 Å². The molecule has 1 unspecified atom stereocenters. The van der Waals surface area contributed by atoms with E-state index in [0.717, 1.165) is 25.7 Å². The van der Waals surface area contributed by atoms with E-state index in [0.29, 0.717) is 13.1 Å². The van der Waals surface area contributed by atoms with E-state index in [-0.39, 0.29) is 0 Å². The van der Waals surface area contributed by atoms with Crippen LogP contribution in [-0.2, 0) is 4.57 Å². The fourth-order valence-electron chi connectivity index (χ4n) is 1.04. The first-order chi connectivity index (χ1) is 6.02. The van der Waals surface area contributed by atoms with Crippen molar-refractivity contribution in [2.75, 3.05) is 13.1 Å². The molecule has 0 saturated carbocycles. The molecule has 0 aromatic heterocycles. The Bertz CT molecular complexity index is 164. The molecular weight excluding hydrogens is 209 g/mol. The largest absolute Gasteiger partial charge is 0.360 e. The predicted octanol–water partition coefficient (Wildman–Crippen LogP) is 3.23. The third kappa shape index (κ3) is 6.50.